The van der Waals surface area contributed by atoms with Crippen LogP contribution in [0.3, 0.4) is 0 Å². The lowest BCUT2D eigenvalue weighted by molar-refractivity contribution is -0.131. The first kappa shape index (κ1) is 16.0. The van der Waals surface area contributed by atoms with Crippen LogP contribution in [0.5, 0.6) is 0 Å². The molecular formula is C18H28N2O. The molecule has 1 fully saturated rings. The normalized spacial score (nSPS) is 22.0. The molecule has 1 aromatic rings. The molecule has 0 aromatic heterocycles. The van der Waals surface area contributed by atoms with Crippen LogP contribution in [0.15, 0.2) is 24.3 Å². The van der Waals surface area contributed by atoms with Gasteiger partial charge in [-0.1, -0.05) is 44.0 Å². The number of aryl methyl sites for hydroxylation is 1. The largest absolute Gasteiger partial charge is 0.341 e. The quantitative estimate of drug-likeness (QED) is 0.905. The maximum atomic E-state index is 12.4. The van der Waals surface area contributed by atoms with Crippen LogP contribution in [-0.2, 0) is 17.8 Å². The minimum atomic E-state index is 0.208. The Hall–Kier alpha value is -1.35. The molecule has 2 atom stereocenters. The minimum Gasteiger partial charge on any atom is -0.341 e. The van der Waals surface area contributed by atoms with Gasteiger partial charge in [-0.15, -0.1) is 0 Å². The number of benzene rings is 1. The molecule has 3 nitrogen and oxygen atoms in total. The fourth-order valence-corrected chi connectivity index (χ4v) is 3.11. The first-order valence-electron chi connectivity index (χ1n) is 8.17. The predicted molar refractivity (Wildman–Crippen MR) is 86.8 cm³/mol. The highest BCUT2D eigenvalue weighted by atomic mass is 16.2. The van der Waals surface area contributed by atoms with Gasteiger partial charge in [0.25, 0.3) is 0 Å². The predicted octanol–water partition coefficient (Wildman–Crippen LogP) is 3.12. The van der Waals surface area contributed by atoms with E-state index in [1.54, 1.807) is 0 Å². The Morgan fingerprint density at radius 1 is 1.19 bits per heavy atom. The van der Waals surface area contributed by atoms with Crippen LogP contribution < -0.4 is 5.73 Å². The van der Waals surface area contributed by atoms with Crippen molar-refractivity contribution in [2.45, 2.75) is 58.0 Å². The van der Waals surface area contributed by atoms with Crippen LogP contribution in [0.4, 0.5) is 0 Å². The smallest absolute Gasteiger partial charge is 0.222 e. The Balaban J connectivity index is 1.86. The number of amides is 1. The van der Waals surface area contributed by atoms with Gasteiger partial charge in [0.2, 0.25) is 5.91 Å². The summed E-state index contributed by atoms with van der Waals surface area (Å²) < 4.78 is 0. The molecule has 1 saturated carbocycles. The summed E-state index contributed by atoms with van der Waals surface area (Å²) >= 11 is 0. The summed E-state index contributed by atoms with van der Waals surface area (Å²) in [7, 11) is 1.89. The van der Waals surface area contributed by atoms with Crippen molar-refractivity contribution in [1.82, 2.24) is 4.90 Å². The molecule has 1 aliphatic carbocycles. The lowest BCUT2D eigenvalue weighted by Crippen LogP contribution is -2.37. The highest BCUT2D eigenvalue weighted by Crippen LogP contribution is 2.26. The SMILES string of the molecule is CCc1ccc(CN(C)C(=O)CC2CCCCC2N)cc1. The number of hydrogen-bond donors (Lipinski definition) is 1. The van der Waals surface area contributed by atoms with Gasteiger partial charge in [0.15, 0.2) is 0 Å². The second kappa shape index (κ2) is 7.60. The topological polar surface area (TPSA) is 46.3 Å². The van der Waals surface area contributed by atoms with Gasteiger partial charge >= 0.3 is 0 Å². The summed E-state index contributed by atoms with van der Waals surface area (Å²) in [5, 5.41) is 0. The van der Waals surface area contributed by atoms with Crippen LogP contribution in [0, 0.1) is 5.92 Å². The van der Waals surface area contributed by atoms with E-state index in [2.05, 4.69) is 31.2 Å². The Morgan fingerprint density at radius 2 is 1.81 bits per heavy atom. The Kier molecular flexibility index (Phi) is 5.80. The molecule has 2 N–H and O–H groups in total. The van der Waals surface area contributed by atoms with E-state index in [1.165, 1.54) is 24.0 Å². The van der Waals surface area contributed by atoms with Gasteiger partial charge in [0, 0.05) is 26.1 Å². The average Bonchev–Trinajstić information content (AvgIpc) is 2.50. The van der Waals surface area contributed by atoms with Gasteiger partial charge in [0.1, 0.15) is 0 Å². The molecule has 2 unspecified atom stereocenters. The molecule has 0 aliphatic heterocycles. The molecular weight excluding hydrogens is 260 g/mol. The Labute approximate surface area is 128 Å². The molecule has 0 radical (unpaired) electrons. The molecule has 1 aliphatic rings. The molecule has 116 valence electrons. The number of nitrogens with zero attached hydrogens (tertiary/aromatic N) is 1. The van der Waals surface area contributed by atoms with Crippen molar-refractivity contribution in [2.24, 2.45) is 11.7 Å². The number of carbonyl (C=O) groups is 1. The molecule has 0 heterocycles. The van der Waals surface area contributed by atoms with Crippen molar-refractivity contribution in [3.8, 4) is 0 Å². The lowest BCUT2D eigenvalue weighted by Gasteiger charge is -2.29. The van der Waals surface area contributed by atoms with Crippen LogP contribution >= 0.6 is 0 Å². The first-order chi connectivity index (χ1) is 10.1. The highest BCUT2D eigenvalue weighted by molar-refractivity contribution is 5.76. The molecule has 1 amide bonds. The van der Waals surface area contributed by atoms with E-state index in [0.29, 0.717) is 18.9 Å². The lowest BCUT2D eigenvalue weighted by atomic mass is 9.83. The maximum absolute atomic E-state index is 12.4. The van der Waals surface area contributed by atoms with Crippen LogP contribution in [0.2, 0.25) is 0 Å². The number of carbonyl (C=O) groups excluding carboxylic acids is 1. The molecule has 2 rings (SSSR count). The van der Waals surface area contributed by atoms with Crippen molar-refractivity contribution in [2.75, 3.05) is 7.05 Å². The first-order valence-corrected chi connectivity index (χ1v) is 8.17. The Bertz CT molecular complexity index is 455. The van der Waals surface area contributed by atoms with Gasteiger partial charge in [0.05, 0.1) is 0 Å². The van der Waals surface area contributed by atoms with Crippen LogP contribution in [-0.4, -0.2) is 23.9 Å². The second-order valence-electron chi connectivity index (χ2n) is 6.33. The molecule has 1 aromatic carbocycles. The fraction of sp³-hybridized carbons (Fsp3) is 0.611. The number of nitrogens with two attached hydrogens (primary N) is 1. The minimum absolute atomic E-state index is 0.208. The van der Waals surface area contributed by atoms with Crippen molar-refractivity contribution < 1.29 is 4.79 Å². The van der Waals surface area contributed by atoms with Gasteiger partial charge in [-0.05, 0) is 36.3 Å². The van der Waals surface area contributed by atoms with E-state index < -0.39 is 0 Å². The monoisotopic (exact) mass is 288 g/mol. The summed E-state index contributed by atoms with van der Waals surface area (Å²) in [6, 6.07) is 8.74. The molecule has 0 saturated heterocycles. The molecule has 0 spiro atoms. The van der Waals surface area contributed by atoms with E-state index in [1.807, 2.05) is 11.9 Å². The summed E-state index contributed by atoms with van der Waals surface area (Å²) in [6.45, 7) is 2.84. The maximum Gasteiger partial charge on any atom is 0.222 e. The zero-order chi connectivity index (χ0) is 15.2. The van der Waals surface area contributed by atoms with E-state index in [9.17, 15) is 4.79 Å². The summed E-state index contributed by atoms with van der Waals surface area (Å²) in [5.41, 5.74) is 8.67. The molecule has 3 heteroatoms. The molecule has 21 heavy (non-hydrogen) atoms. The van der Waals surface area contributed by atoms with Crippen LogP contribution in [0.25, 0.3) is 0 Å². The van der Waals surface area contributed by atoms with Crippen molar-refractivity contribution in [1.29, 1.82) is 0 Å². The van der Waals surface area contributed by atoms with Crippen molar-refractivity contribution in [3.05, 3.63) is 35.4 Å². The zero-order valence-corrected chi connectivity index (χ0v) is 13.3. The number of hydrogen-bond acceptors (Lipinski definition) is 2. The fourth-order valence-electron chi connectivity index (χ4n) is 3.11. The standard InChI is InChI=1S/C18H28N2O/c1-3-14-8-10-15(11-9-14)13-20(2)18(21)12-16-6-4-5-7-17(16)19/h8-11,16-17H,3-7,12-13,19H2,1-2H3. The average molecular weight is 288 g/mol. The van der Waals surface area contributed by atoms with Crippen molar-refractivity contribution >= 4 is 5.91 Å². The van der Waals surface area contributed by atoms with Crippen molar-refractivity contribution in [3.63, 3.8) is 0 Å². The zero-order valence-electron chi connectivity index (χ0n) is 13.3. The van der Waals surface area contributed by atoms with E-state index in [0.717, 1.165) is 19.3 Å². The second-order valence-corrected chi connectivity index (χ2v) is 6.33. The van der Waals surface area contributed by atoms with Gasteiger partial charge < -0.3 is 10.6 Å². The molecule has 0 bridgehead atoms. The third kappa shape index (κ3) is 4.57. The van der Waals surface area contributed by atoms with Gasteiger partial charge in [-0.3, -0.25) is 4.79 Å². The van der Waals surface area contributed by atoms with E-state index in [4.69, 9.17) is 5.73 Å². The highest BCUT2D eigenvalue weighted by Gasteiger charge is 2.25. The third-order valence-corrected chi connectivity index (χ3v) is 4.68. The van der Waals surface area contributed by atoms with Gasteiger partial charge in [-0.2, -0.15) is 0 Å². The number of rotatable bonds is 5. The Morgan fingerprint density at radius 3 is 2.43 bits per heavy atom. The summed E-state index contributed by atoms with van der Waals surface area (Å²) in [6.07, 6.45) is 6.25. The van der Waals surface area contributed by atoms with E-state index in [-0.39, 0.29) is 11.9 Å². The summed E-state index contributed by atoms with van der Waals surface area (Å²) in [5.74, 6) is 0.591. The van der Waals surface area contributed by atoms with Gasteiger partial charge in [-0.25, -0.2) is 0 Å². The van der Waals surface area contributed by atoms with E-state index >= 15 is 0 Å². The third-order valence-electron chi connectivity index (χ3n) is 4.68. The summed E-state index contributed by atoms with van der Waals surface area (Å²) in [4.78, 5) is 14.2. The van der Waals surface area contributed by atoms with Crippen LogP contribution in [0.1, 0.15) is 50.2 Å².